The van der Waals surface area contributed by atoms with Crippen molar-refractivity contribution in [2.45, 2.75) is 44.2 Å². The normalized spacial score (nSPS) is 20.0. The molecule has 0 radical (unpaired) electrons. The fourth-order valence-electron chi connectivity index (χ4n) is 3.50. The Labute approximate surface area is 166 Å². The van der Waals surface area contributed by atoms with Crippen LogP contribution in [-0.4, -0.2) is 31.3 Å². The van der Waals surface area contributed by atoms with Crippen LogP contribution < -0.4 is 0 Å². The zero-order chi connectivity index (χ0) is 20.3. The van der Waals surface area contributed by atoms with Gasteiger partial charge in [-0.1, -0.05) is 61.0 Å². The summed E-state index contributed by atoms with van der Waals surface area (Å²) in [6, 6.07) is 14.9. The number of hydrogen-bond acceptors (Lipinski definition) is 4. The first-order chi connectivity index (χ1) is 13.4. The summed E-state index contributed by atoms with van der Waals surface area (Å²) in [6.45, 7) is 5.80. The largest absolute Gasteiger partial charge is 0.463 e. The van der Waals surface area contributed by atoms with Gasteiger partial charge in [0.1, 0.15) is 0 Å². The van der Waals surface area contributed by atoms with Gasteiger partial charge in [-0.3, -0.25) is 0 Å². The molecule has 0 bridgehead atoms. The first-order valence-electron chi connectivity index (χ1n) is 9.44. The average molecular weight is 400 g/mol. The zero-order valence-corrected chi connectivity index (χ0v) is 17.1. The molecule has 0 saturated carbocycles. The fourth-order valence-corrected chi connectivity index (χ4v) is 5.31. The molecular formula is C22H25NO4S. The molecule has 0 fully saturated rings. The number of nitrogens with zero attached hydrogens (tertiary/aromatic N) is 1. The first-order valence-corrected chi connectivity index (χ1v) is 10.9. The second-order valence-electron chi connectivity index (χ2n) is 6.78. The molecule has 2 aromatic rings. The third-order valence-corrected chi connectivity index (χ3v) is 6.79. The van der Waals surface area contributed by atoms with Crippen LogP contribution >= 0.6 is 0 Å². The number of aryl methyl sites for hydroxylation is 1. The molecule has 0 aromatic heterocycles. The van der Waals surface area contributed by atoms with Crippen LogP contribution in [0.5, 0.6) is 0 Å². The molecule has 1 heterocycles. The summed E-state index contributed by atoms with van der Waals surface area (Å²) in [5.74, 6) is -0.476. The monoisotopic (exact) mass is 399 g/mol. The molecule has 0 unspecified atom stereocenters. The summed E-state index contributed by atoms with van der Waals surface area (Å²) < 4.78 is 33.8. The number of esters is 1. The van der Waals surface area contributed by atoms with Crippen molar-refractivity contribution in [3.63, 3.8) is 0 Å². The molecule has 0 amide bonds. The molecule has 1 aliphatic rings. The number of ether oxygens (including phenoxy) is 1. The highest BCUT2D eigenvalue weighted by atomic mass is 32.2. The van der Waals surface area contributed by atoms with Gasteiger partial charge in [-0.15, -0.1) is 0 Å². The molecule has 3 rings (SSSR count). The van der Waals surface area contributed by atoms with E-state index in [4.69, 9.17) is 4.74 Å². The van der Waals surface area contributed by atoms with Gasteiger partial charge in [0.15, 0.2) is 0 Å². The molecule has 2 atom stereocenters. The number of sulfonamides is 1. The van der Waals surface area contributed by atoms with Gasteiger partial charge in [0.05, 0.1) is 23.1 Å². The Morgan fingerprint density at radius 2 is 1.68 bits per heavy atom. The Morgan fingerprint density at radius 3 is 2.25 bits per heavy atom. The summed E-state index contributed by atoms with van der Waals surface area (Å²) in [5, 5.41) is 0. The van der Waals surface area contributed by atoms with Crippen LogP contribution in [0.3, 0.4) is 0 Å². The van der Waals surface area contributed by atoms with E-state index in [0.29, 0.717) is 12.0 Å². The highest BCUT2D eigenvalue weighted by Crippen LogP contribution is 2.42. The van der Waals surface area contributed by atoms with Gasteiger partial charge < -0.3 is 4.74 Å². The lowest BCUT2D eigenvalue weighted by Gasteiger charge is -2.30. The van der Waals surface area contributed by atoms with Crippen molar-refractivity contribution in [3.05, 3.63) is 77.4 Å². The predicted molar refractivity (Wildman–Crippen MR) is 108 cm³/mol. The van der Waals surface area contributed by atoms with Gasteiger partial charge in [-0.25, -0.2) is 13.2 Å². The van der Waals surface area contributed by atoms with Crippen molar-refractivity contribution in [2.24, 2.45) is 0 Å². The van der Waals surface area contributed by atoms with Crippen molar-refractivity contribution >= 4 is 16.0 Å². The SMILES string of the molecule is CCOC(=O)C1=C[C@@H](CC)N(S(=O)(=O)c2ccc(C)cc2)[C@H]1c1ccccc1. The van der Waals surface area contributed by atoms with E-state index in [1.807, 2.05) is 44.2 Å². The van der Waals surface area contributed by atoms with E-state index in [-0.39, 0.29) is 11.5 Å². The van der Waals surface area contributed by atoms with E-state index in [2.05, 4.69) is 0 Å². The third kappa shape index (κ3) is 3.75. The first kappa shape index (κ1) is 20.3. The fraction of sp³-hybridized carbons (Fsp3) is 0.318. The summed E-state index contributed by atoms with van der Waals surface area (Å²) in [6.07, 6.45) is 2.29. The molecule has 5 nitrogen and oxygen atoms in total. The smallest absolute Gasteiger partial charge is 0.335 e. The molecule has 1 aliphatic heterocycles. The van der Waals surface area contributed by atoms with Crippen molar-refractivity contribution in [1.29, 1.82) is 0 Å². The van der Waals surface area contributed by atoms with E-state index < -0.39 is 28.1 Å². The van der Waals surface area contributed by atoms with Crippen LogP contribution in [0.4, 0.5) is 0 Å². The Hall–Kier alpha value is -2.44. The van der Waals surface area contributed by atoms with Crippen LogP contribution in [0.1, 0.15) is 37.4 Å². The van der Waals surface area contributed by atoms with Crippen molar-refractivity contribution in [3.8, 4) is 0 Å². The Morgan fingerprint density at radius 1 is 1.04 bits per heavy atom. The quantitative estimate of drug-likeness (QED) is 0.689. The second kappa shape index (κ2) is 8.29. The maximum absolute atomic E-state index is 13.6. The Balaban J connectivity index is 2.14. The van der Waals surface area contributed by atoms with Crippen molar-refractivity contribution < 1.29 is 17.9 Å². The minimum Gasteiger partial charge on any atom is -0.463 e. The van der Waals surface area contributed by atoms with E-state index in [1.54, 1.807) is 37.3 Å². The summed E-state index contributed by atoms with van der Waals surface area (Å²) in [4.78, 5) is 12.9. The maximum Gasteiger partial charge on any atom is 0.335 e. The molecular weight excluding hydrogens is 374 g/mol. The molecule has 0 N–H and O–H groups in total. The molecule has 2 aromatic carbocycles. The minimum absolute atomic E-state index is 0.219. The average Bonchev–Trinajstić information content (AvgIpc) is 3.10. The van der Waals surface area contributed by atoms with Crippen LogP contribution in [0, 0.1) is 6.92 Å². The highest BCUT2D eigenvalue weighted by molar-refractivity contribution is 7.89. The standard InChI is InChI=1S/C22H25NO4S/c1-4-18-15-20(22(24)27-5-2)21(17-9-7-6-8-10-17)23(18)28(25,26)19-13-11-16(3)12-14-19/h6-15,18,21H,4-5H2,1-3H3/t18-,21+/m1/s1. The summed E-state index contributed by atoms with van der Waals surface area (Å²) >= 11 is 0. The van der Waals surface area contributed by atoms with Crippen molar-refractivity contribution in [1.82, 2.24) is 4.31 Å². The minimum atomic E-state index is -3.82. The molecule has 0 saturated heterocycles. The van der Waals surface area contributed by atoms with E-state index in [0.717, 1.165) is 11.1 Å². The lowest BCUT2D eigenvalue weighted by molar-refractivity contribution is -0.138. The number of rotatable bonds is 6. The highest BCUT2D eigenvalue weighted by Gasteiger charge is 2.45. The van der Waals surface area contributed by atoms with Crippen LogP contribution in [0.15, 0.2) is 71.1 Å². The molecule has 148 valence electrons. The molecule has 28 heavy (non-hydrogen) atoms. The summed E-state index contributed by atoms with van der Waals surface area (Å²) in [7, 11) is -3.82. The van der Waals surface area contributed by atoms with Gasteiger partial charge in [-0.05, 0) is 38.0 Å². The number of carbonyl (C=O) groups excluding carboxylic acids is 1. The number of benzene rings is 2. The number of hydrogen-bond donors (Lipinski definition) is 0. The van der Waals surface area contributed by atoms with E-state index in [9.17, 15) is 13.2 Å². The van der Waals surface area contributed by atoms with Gasteiger partial charge in [0.25, 0.3) is 0 Å². The predicted octanol–water partition coefficient (Wildman–Crippen LogP) is 4.01. The molecule has 0 aliphatic carbocycles. The van der Waals surface area contributed by atoms with Crippen LogP contribution in [-0.2, 0) is 19.6 Å². The van der Waals surface area contributed by atoms with Gasteiger partial charge in [0.2, 0.25) is 10.0 Å². The molecule has 6 heteroatoms. The van der Waals surface area contributed by atoms with Gasteiger partial charge in [-0.2, -0.15) is 4.31 Å². The van der Waals surface area contributed by atoms with E-state index in [1.165, 1.54) is 4.31 Å². The third-order valence-electron chi connectivity index (χ3n) is 4.89. The maximum atomic E-state index is 13.6. The second-order valence-corrected chi connectivity index (χ2v) is 8.62. The van der Waals surface area contributed by atoms with Crippen LogP contribution in [0.2, 0.25) is 0 Å². The number of carbonyl (C=O) groups is 1. The topological polar surface area (TPSA) is 63.7 Å². The molecule has 0 spiro atoms. The lowest BCUT2D eigenvalue weighted by Crippen LogP contribution is -2.38. The van der Waals surface area contributed by atoms with Crippen molar-refractivity contribution in [2.75, 3.05) is 6.61 Å². The zero-order valence-electron chi connectivity index (χ0n) is 16.3. The Bertz CT molecular complexity index is 965. The van der Waals surface area contributed by atoms with Gasteiger partial charge >= 0.3 is 5.97 Å². The van der Waals surface area contributed by atoms with E-state index >= 15 is 0 Å². The Kier molecular flexibility index (Phi) is 6.01. The lowest BCUT2D eigenvalue weighted by atomic mass is 10.0. The summed E-state index contributed by atoms with van der Waals surface area (Å²) in [5.41, 5.74) is 2.10. The van der Waals surface area contributed by atoms with Gasteiger partial charge in [0, 0.05) is 6.04 Å². The van der Waals surface area contributed by atoms with Crippen LogP contribution in [0.25, 0.3) is 0 Å².